The van der Waals surface area contributed by atoms with Crippen molar-refractivity contribution in [3.63, 3.8) is 0 Å². The number of anilines is 3. The van der Waals surface area contributed by atoms with Crippen molar-refractivity contribution >= 4 is 77.2 Å². The van der Waals surface area contributed by atoms with E-state index in [9.17, 15) is 0 Å². The first kappa shape index (κ1) is 31.1. The van der Waals surface area contributed by atoms with Gasteiger partial charge in [-0.2, -0.15) is 0 Å². The summed E-state index contributed by atoms with van der Waals surface area (Å²) in [5.41, 5.74) is 12.5. The molecule has 1 spiro atoms. The average molecular weight is 729 g/mol. The van der Waals surface area contributed by atoms with Gasteiger partial charge in [0.05, 0.1) is 27.8 Å². The van der Waals surface area contributed by atoms with Gasteiger partial charge in [0.1, 0.15) is 16.7 Å². The summed E-state index contributed by atoms with van der Waals surface area (Å²) in [7, 11) is 0. The third kappa shape index (κ3) is 3.91. The zero-order valence-corrected chi connectivity index (χ0v) is 31.1. The standard InChI is InChI=1S/C54H36N2O/c1-2-17-37(18-3-1)54(44-23-9-6-20-40(44)43-24-12-19-38-34-53(38,43)54)56-45-25-10-7-21-41(45)51-46(26-13-28-48(51)56)55(39-32-31-35-15-4-5-16-36(35)33-39)47-27-14-30-50-52(47)42-22-8-11-29-49(42)57-50/h1-33,38H,34H2. The van der Waals surface area contributed by atoms with Crippen LogP contribution < -0.4 is 4.90 Å². The van der Waals surface area contributed by atoms with E-state index in [0.717, 1.165) is 45.4 Å². The van der Waals surface area contributed by atoms with Gasteiger partial charge in [0.15, 0.2) is 0 Å². The Labute approximate surface area is 330 Å². The fourth-order valence-corrected chi connectivity index (χ4v) is 11.2. The van der Waals surface area contributed by atoms with E-state index in [4.69, 9.17) is 4.42 Å². The van der Waals surface area contributed by atoms with Gasteiger partial charge in [-0.3, -0.25) is 0 Å². The highest BCUT2D eigenvalue weighted by atomic mass is 16.3. The van der Waals surface area contributed by atoms with Gasteiger partial charge in [-0.15, -0.1) is 0 Å². The molecule has 0 radical (unpaired) electrons. The summed E-state index contributed by atoms with van der Waals surface area (Å²) in [5.74, 6) is 0.436. The van der Waals surface area contributed by atoms with Gasteiger partial charge in [0.25, 0.3) is 0 Å². The zero-order valence-electron chi connectivity index (χ0n) is 31.1. The van der Waals surface area contributed by atoms with Crippen LogP contribution in [-0.4, -0.2) is 4.57 Å². The molecule has 3 nitrogen and oxygen atoms in total. The number of rotatable bonds is 5. The lowest BCUT2D eigenvalue weighted by Crippen LogP contribution is -2.43. The molecule has 0 N–H and O–H groups in total. The molecule has 3 aliphatic carbocycles. The van der Waals surface area contributed by atoms with E-state index < -0.39 is 5.54 Å². The van der Waals surface area contributed by atoms with Crippen molar-refractivity contribution in [2.24, 2.45) is 11.3 Å². The molecule has 13 rings (SSSR count). The molecule has 0 amide bonds. The molecule has 0 saturated heterocycles. The normalized spacial score (nSPS) is 20.6. The molecule has 3 aliphatic rings. The summed E-state index contributed by atoms with van der Waals surface area (Å²) in [5, 5.41) is 7.11. The van der Waals surface area contributed by atoms with Crippen LogP contribution >= 0.6 is 0 Å². The second-order valence-electron chi connectivity index (χ2n) is 16.0. The summed E-state index contributed by atoms with van der Waals surface area (Å²) in [4.78, 5) is 2.49. The van der Waals surface area contributed by atoms with Crippen LogP contribution in [0.15, 0.2) is 205 Å². The number of aromatic nitrogens is 1. The first-order valence-electron chi connectivity index (χ1n) is 20.0. The SMILES string of the molecule is C1=CC2CC23C(=C1)c1ccccc1C3(c1ccccc1)n1c2ccccc2c2c(N(c3ccc4ccccc4c3)c3cccc4oc5ccccc5c34)cccc21. The molecule has 2 aromatic heterocycles. The summed E-state index contributed by atoms with van der Waals surface area (Å²) >= 11 is 0. The highest BCUT2D eigenvalue weighted by Gasteiger charge is 2.74. The Balaban J connectivity index is 1.19. The number of hydrogen-bond donors (Lipinski definition) is 0. The largest absolute Gasteiger partial charge is 0.456 e. The molecule has 1 saturated carbocycles. The van der Waals surface area contributed by atoms with E-state index in [-0.39, 0.29) is 5.41 Å². The molecule has 3 unspecified atom stereocenters. The Morgan fingerprint density at radius 3 is 2.18 bits per heavy atom. The molecular weight excluding hydrogens is 693 g/mol. The molecule has 2 heterocycles. The first-order chi connectivity index (χ1) is 28.3. The Morgan fingerprint density at radius 2 is 1.26 bits per heavy atom. The van der Waals surface area contributed by atoms with Crippen LogP contribution in [0.25, 0.3) is 60.1 Å². The number of para-hydroxylation sites is 2. The van der Waals surface area contributed by atoms with Crippen molar-refractivity contribution in [2.45, 2.75) is 12.0 Å². The topological polar surface area (TPSA) is 21.3 Å². The van der Waals surface area contributed by atoms with Crippen molar-refractivity contribution in [1.29, 1.82) is 0 Å². The van der Waals surface area contributed by atoms with Crippen LogP contribution in [0, 0.1) is 11.3 Å². The van der Waals surface area contributed by atoms with Crippen molar-refractivity contribution in [1.82, 2.24) is 4.57 Å². The monoisotopic (exact) mass is 728 g/mol. The van der Waals surface area contributed by atoms with E-state index in [0.29, 0.717) is 5.92 Å². The fourth-order valence-electron chi connectivity index (χ4n) is 11.2. The molecule has 0 bridgehead atoms. The molecule has 0 aliphatic heterocycles. The van der Waals surface area contributed by atoms with Gasteiger partial charge in [0, 0.05) is 27.3 Å². The first-order valence-corrected chi connectivity index (χ1v) is 20.0. The zero-order chi connectivity index (χ0) is 37.3. The third-order valence-corrected chi connectivity index (χ3v) is 13.4. The van der Waals surface area contributed by atoms with Crippen molar-refractivity contribution < 1.29 is 4.42 Å². The minimum Gasteiger partial charge on any atom is -0.456 e. The summed E-state index contributed by atoms with van der Waals surface area (Å²) in [6.45, 7) is 0. The van der Waals surface area contributed by atoms with Crippen LogP contribution in [-0.2, 0) is 5.54 Å². The summed E-state index contributed by atoms with van der Waals surface area (Å²) in [6, 6.07) is 67.1. The predicted molar refractivity (Wildman–Crippen MR) is 236 cm³/mol. The van der Waals surface area contributed by atoms with Crippen molar-refractivity contribution in [3.8, 4) is 0 Å². The maximum atomic E-state index is 6.53. The highest BCUT2D eigenvalue weighted by Crippen LogP contribution is 2.78. The number of fused-ring (bicyclic) bond motifs is 9. The van der Waals surface area contributed by atoms with E-state index in [1.54, 1.807) is 0 Å². The number of nitrogens with zero attached hydrogens (tertiary/aromatic N) is 2. The maximum absolute atomic E-state index is 6.53. The molecule has 3 atom stereocenters. The number of allylic oxidation sites excluding steroid dienone is 4. The number of hydrogen-bond acceptors (Lipinski definition) is 2. The Bertz CT molecular complexity index is 3360. The van der Waals surface area contributed by atoms with Gasteiger partial charge in [0.2, 0.25) is 0 Å². The van der Waals surface area contributed by atoms with E-state index in [1.807, 2.05) is 0 Å². The summed E-state index contributed by atoms with van der Waals surface area (Å²) < 4.78 is 9.29. The number of furan rings is 1. The van der Waals surface area contributed by atoms with E-state index in [1.165, 1.54) is 54.8 Å². The minimum atomic E-state index is -0.485. The van der Waals surface area contributed by atoms with Gasteiger partial charge < -0.3 is 13.9 Å². The van der Waals surface area contributed by atoms with Crippen molar-refractivity contribution in [2.75, 3.05) is 4.90 Å². The molecule has 3 heteroatoms. The van der Waals surface area contributed by atoms with E-state index in [2.05, 4.69) is 210 Å². The van der Waals surface area contributed by atoms with Gasteiger partial charge in [-0.05, 0) is 93.9 Å². The summed E-state index contributed by atoms with van der Waals surface area (Å²) in [6.07, 6.45) is 8.27. The molecule has 1 fully saturated rings. The second-order valence-corrected chi connectivity index (χ2v) is 16.0. The quantitative estimate of drug-likeness (QED) is 0.176. The van der Waals surface area contributed by atoms with Gasteiger partial charge in [-0.1, -0.05) is 152 Å². The average Bonchev–Trinajstić information content (AvgIpc) is 3.65. The fraction of sp³-hybridized carbons (Fsp3) is 0.0741. The Morgan fingerprint density at radius 1 is 0.561 bits per heavy atom. The van der Waals surface area contributed by atoms with Crippen molar-refractivity contribution in [3.05, 3.63) is 217 Å². The van der Waals surface area contributed by atoms with Gasteiger partial charge >= 0.3 is 0 Å². The molecule has 268 valence electrons. The minimum absolute atomic E-state index is 0.114. The Kier molecular flexibility index (Phi) is 6.14. The van der Waals surface area contributed by atoms with E-state index >= 15 is 0 Å². The van der Waals surface area contributed by atoms with Gasteiger partial charge in [-0.25, -0.2) is 0 Å². The lowest BCUT2D eigenvalue weighted by molar-refractivity contribution is 0.332. The van der Waals surface area contributed by atoms with Crippen LogP contribution in [0.3, 0.4) is 0 Å². The van der Waals surface area contributed by atoms with Crippen LogP contribution in [0.5, 0.6) is 0 Å². The molecule has 57 heavy (non-hydrogen) atoms. The molecule has 8 aromatic carbocycles. The van der Waals surface area contributed by atoms with Crippen LogP contribution in [0.2, 0.25) is 0 Å². The third-order valence-electron chi connectivity index (χ3n) is 13.4. The van der Waals surface area contributed by atoms with Crippen LogP contribution in [0.4, 0.5) is 17.1 Å². The van der Waals surface area contributed by atoms with Crippen LogP contribution in [0.1, 0.15) is 23.1 Å². The highest BCUT2D eigenvalue weighted by molar-refractivity contribution is 6.19. The smallest absolute Gasteiger partial charge is 0.137 e. The lowest BCUT2D eigenvalue weighted by Gasteiger charge is -2.42. The maximum Gasteiger partial charge on any atom is 0.137 e. The molecular formula is C54H36N2O. The lowest BCUT2D eigenvalue weighted by atomic mass is 9.71. The Hall–Kier alpha value is -7.10. The molecule has 10 aromatic rings. The number of benzene rings is 8. The predicted octanol–water partition coefficient (Wildman–Crippen LogP) is 14.1. The second kappa shape index (κ2) is 11.2.